The second-order valence-electron chi connectivity index (χ2n) is 3.55. The Kier molecular flexibility index (Phi) is 4.50. The molecule has 0 aliphatic carbocycles. The van der Waals surface area contributed by atoms with Crippen LogP contribution in [0, 0.1) is 18.3 Å². The van der Waals surface area contributed by atoms with Crippen molar-refractivity contribution in [2.24, 2.45) is 5.92 Å². The predicted octanol–water partition coefficient (Wildman–Crippen LogP) is 3.06. The minimum atomic E-state index is 0.322. The lowest BCUT2D eigenvalue weighted by Crippen LogP contribution is -1.96. The number of benzene rings is 1. The van der Waals surface area contributed by atoms with Crippen molar-refractivity contribution in [3.05, 3.63) is 42.5 Å². The summed E-state index contributed by atoms with van der Waals surface area (Å²) in [5, 5.41) is 0. The molecule has 15 heavy (non-hydrogen) atoms. The molecule has 0 saturated heterocycles. The summed E-state index contributed by atoms with van der Waals surface area (Å²) in [6.45, 7) is 6.24. The highest BCUT2D eigenvalue weighted by atomic mass is 16.5. The zero-order chi connectivity index (χ0) is 11.1. The number of rotatable bonds is 5. The SMILES string of the molecule is C#CCOc1ccc(CC(C)C=C)cc1. The lowest BCUT2D eigenvalue weighted by atomic mass is 10.0. The number of ether oxygens (including phenoxy) is 1. The molecule has 1 heteroatoms. The van der Waals surface area contributed by atoms with Crippen molar-refractivity contribution in [1.29, 1.82) is 0 Å². The van der Waals surface area contributed by atoms with Crippen LogP contribution in [-0.4, -0.2) is 6.61 Å². The van der Waals surface area contributed by atoms with Gasteiger partial charge in [-0.05, 0) is 30.0 Å². The largest absolute Gasteiger partial charge is 0.481 e. The van der Waals surface area contributed by atoms with Gasteiger partial charge in [-0.25, -0.2) is 0 Å². The molecule has 1 unspecified atom stereocenters. The van der Waals surface area contributed by atoms with Crippen molar-refractivity contribution >= 4 is 0 Å². The Morgan fingerprint density at radius 1 is 1.47 bits per heavy atom. The normalized spacial score (nSPS) is 11.5. The molecule has 0 aliphatic rings. The van der Waals surface area contributed by atoms with Crippen LogP contribution in [0.2, 0.25) is 0 Å². The van der Waals surface area contributed by atoms with Gasteiger partial charge in [0.25, 0.3) is 0 Å². The first-order chi connectivity index (χ1) is 7.26. The van der Waals surface area contributed by atoms with Gasteiger partial charge in [0.05, 0.1) is 0 Å². The first kappa shape index (κ1) is 11.4. The minimum absolute atomic E-state index is 0.322. The number of hydrogen-bond donors (Lipinski definition) is 0. The lowest BCUT2D eigenvalue weighted by Gasteiger charge is -2.07. The molecular formula is C14H16O. The third-order valence-corrected chi connectivity index (χ3v) is 2.21. The summed E-state index contributed by atoms with van der Waals surface area (Å²) in [6.07, 6.45) is 8.08. The summed E-state index contributed by atoms with van der Waals surface area (Å²) < 4.78 is 5.29. The molecule has 1 rings (SSSR count). The van der Waals surface area contributed by atoms with Crippen LogP contribution in [0.5, 0.6) is 5.75 Å². The maximum Gasteiger partial charge on any atom is 0.148 e. The topological polar surface area (TPSA) is 9.23 Å². The summed E-state index contributed by atoms with van der Waals surface area (Å²) in [5.74, 6) is 3.76. The van der Waals surface area contributed by atoms with Gasteiger partial charge < -0.3 is 4.74 Å². The highest BCUT2D eigenvalue weighted by molar-refractivity contribution is 5.28. The quantitative estimate of drug-likeness (QED) is 0.524. The third-order valence-electron chi connectivity index (χ3n) is 2.21. The van der Waals surface area contributed by atoms with Gasteiger partial charge in [-0.1, -0.05) is 31.1 Å². The van der Waals surface area contributed by atoms with E-state index in [-0.39, 0.29) is 0 Å². The standard InChI is InChI=1S/C14H16O/c1-4-10-15-14-8-6-13(7-9-14)11-12(3)5-2/h1,5-9,12H,2,10-11H2,3H3. The second kappa shape index (κ2) is 5.93. The molecule has 78 valence electrons. The van der Waals surface area contributed by atoms with E-state index in [0.29, 0.717) is 12.5 Å². The Bertz CT molecular complexity index is 343. The summed E-state index contributed by atoms with van der Waals surface area (Å²) in [6, 6.07) is 8.02. The van der Waals surface area contributed by atoms with Gasteiger partial charge in [0, 0.05) is 0 Å². The molecule has 0 saturated carbocycles. The molecular weight excluding hydrogens is 184 g/mol. The fourth-order valence-electron chi connectivity index (χ4n) is 1.30. The minimum Gasteiger partial charge on any atom is -0.481 e. The smallest absolute Gasteiger partial charge is 0.148 e. The molecule has 0 fully saturated rings. The van der Waals surface area contributed by atoms with E-state index in [2.05, 4.69) is 31.6 Å². The van der Waals surface area contributed by atoms with Crippen molar-refractivity contribution in [1.82, 2.24) is 0 Å². The number of allylic oxidation sites excluding steroid dienone is 1. The Balaban J connectivity index is 2.56. The Morgan fingerprint density at radius 2 is 2.13 bits per heavy atom. The molecule has 0 aromatic heterocycles. The van der Waals surface area contributed by atoms with Crippen LogP contribution in [0.4, 0.5) is 0 Å². The molecule has 0 amide bonds. The molecule has 1 nitrogen and oxygen atoms in total. The van der Waals surface area contributed by atoms with Crippen LogP contribution in [0.15, 0.2) is 36.9 Å². The van der Waals surface area contributed by atoms with Gasteiger partial charge in [-0.2, -0.15) is 0 Å². The summed E-state index contributed by atoms with van der Waals surface area (Å²) >= 11 is 0. The van der Waals surface area contributed by atoms with Crippen LogP contribution in [0.1, 0.15) is 12.5 Å². The Morgan fingerprint density at radius 3 is 2.67 bits per heavy atom. The van der Waals surface area contributed by atoms with Gasteiger partial charge in [0.1, 0.15) is 12.4 Å². The van der Waals surface area contributed by atoms with Gasteiger partial charge in [0.2, 0.25) is 0 Å². The molecule has 0 aliphatic heterocycles. The maximum atomic E-state index is 5.29. The lowest BCUT2D eigenvalue weighted by molar-refractivity contribution is 0.370. The van der Waals surface area contributed by atoms with Crippen LogP contribution in [0.25, 0.3) is 0 Å². The van der Waals surface area contributed by atoms with E-state index in [4.69, 9.17) is 11.2 Å². The van der Waals surface area contributed by atoms with Crippen molar-refractivity contribution in [3.63, 3.8) is 0 Å². The average molecular weight is 200 g/mol. The number of hydrogen-bond acceptors (Lipinski definition) is 1. The van der Waals surface area contributed by atoms with Crippen molar-refractivity contribution < 1.29 is 4.74 Å². The predicted molar refractivity (Wildman–Crippen MR) is 63.8 cm³/mol. The molecule has 0 spiro atoms. The zero-order valence-electron chi connectivity index (χ0n) is 9.07. The van der Waals surface area contributed by atoms with Gasteiger partial charge in [-0.15, -0.1) is 13.0 Å². The van der Waals surface area contributed by atoms with Crippen LogP contribution in [0.3, 0.4) is 0 Å². The highest BCUT2D eigenvalue weighted by Gasteiger charge is 1.99. The van der Waals surface area contributed by atoms with Gasteiger partial charge in [-0.3, -0.25) is 0 Å². The van der Waals surface area contributed by atoms with E-state index in [1.807, 2.05) is 18.2 Å². The van der Waals surface area contributed by atoms with Crippen LogP contribution in [-0.2, 0) is 6.42 Å². The van der Waals surface area contributed by atoms with E-state index in [1.54, 1.807) is 0 Å². The van der Waals surface area contributed by atoms with Gasteiger partial charge >= 0.3 is 0 Å². The van der Waals surface area contributed by atoms with E-state index in [1.165, 1.54) is 5.56 Å². The van der Waals surface area contributed by atoms with Gasteiger partial charge in [0.15, 0.2) is 0 Å². The fraction of sp³-hybridized carbons (Fsp3) is 0.286. The molecule has 0 N–H and O–H groups in total. The summed E-state index contributed by atoms with van der Waals surface area (Å²) in [5.41, 5.74) is 1.29. The van der Waals surface area contributed by atoms with Crippen LogP contribution < -0.4 is 4.74 Å². The van der Waals surface area contributed by atoms with Crippen molar-refractivity contribution in [2.45, 2.75) is 13.3 Å². The number of terminal acetylenes is 1. The molecule has 1 aromatic rings. The first-order valence-corrected chi connectivity index (χ1v) is 5.04. The fourth-order valence-corrected chi connectivity index (χ4v) is 1.30. The molecule has 0 bridgehead atoms. The molecule has 0 radical (unpaired) electrons. The monoisotopic (exact) mass is 200 g/mol. The Labute approximate surface area is 91.8 Å². The van der Waals surface area contributed by atoms with E-state index in [0.717, 1.165) is 12.2 Å². The first-order valence-electron chi connectivity index (χ1n) is 5.04. The van der Waals surface area contributed by atoms with Crippen molar-refractivity contribution in [3.8, 4) is 18.1 Å². The summed E-state index contributed by atoms with van der Waals surface area (Å²) in [7, 11) is 0. The Hall–Kier alpha value is -1.68. The highest BCUT2D eigenvalue weighted by Crippen LogP contribution is 2.15. The zero-order valence-corrected chi connectivity index (χ0v) is 9.07. The second-order valence-corrected chi connectivity index (χ2v) is 3.55. The third kappa shape index (κ3) is 3.91. The maximum absolute atomic E-state index is 5.29. The van der Waals surface area contributed by atoms with E-state index >= 15 is 0 Å². The molecule has 0 heterocycles. The molecule has 1 atom stereocenters. The van der Waals surface area contributed by atoms with Crippen molar-refractivity contribution in [2.75, 3.05) is 6.61 Å². The molecule has 1 aromatic carbocycles. The van der Waals surface area contributed by atoms with E-state index < -0.39 is 0 Å². The van der Waals surface area contributed by atoms with E-state index in [9.17, 15) is 0 Å². The summed E-state index contributed by atoms with van der Waals surface area (Å²) in [4.78, 5) is 0. The average Bonchev–Trinajstić information content (AvgIpc) is 2.28. The van der Waals surface area contributed by atoms with Crippen LogP contribution >= 0.6 is 0 Å².